The number of carbonyl (C=O) groups excluding carboxylic acids is 1. The first kappa shape index (κ1) is 18.3. The summed E-state index contributed by atoms with van der Waals surface area (Å²) in [5, 5.41) is 0.697. The maximum atomic E-state index is 12.6. The van der Waals surface area contributed by atoms with Crippen molar-refractivity contribution in [2.45, 2.75) is 12.8 Å². The minimum Gasteiger partial charge on any atom is -0.372 e. The van der Waals surface area contributed by atoms with Crippen LogP contribution < -0.4 is 4.90 Å². The molecule has 2 heterocycles. The smallest absolute Gasteiger partial charge is 0.266 e. The summed E-state index contributed by atoms with van der Waals surface area (Å²) in [4.78, 5) is 21.9. The average molecular weight is 442 g/mol. The van der Waals surface area contributed by atoms with Gasteiger partial charge >= 0.3 is 0 Å². The topological polar surface area (TPSA) is 35.9 Å². The third-order valence-corrected chi connectivity index (χ3v) is 6.31. The number of hydrogen-bond acceptors (Lipinski definition) is 4. The highest BCUT2D eigenvalue weighted by atomic mass is 79.9. The molecule has 0 bridgehead atoms. The Hall–Kier alpha value is -2.05. The Morgan fingerprint density at radius 3 is 2.37 bits per heavy atom. The van der Waals surface area contributed by atoms with E-state index in [0.29, 0.717) is 10.1 Å². The van der Waals surface area contributed by atoms with E-state index in [-0.39, 0.29) is 5.91 Å². The molecule has 6 heteroatoms. The van der Waals surface area contributed by atoms with Gasteiger partial charge in [-0.15, -0.1) is 0 Å². The second-order valence-corrected chi connectivity index (χ2v) is 8.56. The second-order valence-electron chi connectivity index (χ2n) is 6.63. The standard InChI is InChI=1S/C21H20BrN3OS/c1-24-20(26)19(27-21(24)23-17-8-6-16(22)7-9-17)14-15-4-10-18(11-5-15)25-12-2-3-13-25/h4-11,14H,2-3,12-13H2,1H3/b19-14-,23-21?. The molecule has 2 fully saturated rings. The number of carbonyl (C=O) groups is 1. The van der Waals surface area contributed by atoms with E-state index in [2.05, 4.69) is 50.1 Å². The van der Waals surface area contributed by atoms with Gasteiger partial charge in [-0.1, -0.05) is 28.1 Å². The molecule has 1 amide bonds. The van der Waals surface area contributed by atoms with Gasteiger partial charge in [-0.2, -0.15) is 0 Å². The Morgan fingerprint density at radius 1 is 1.04 bits per heavy atom. The Balaban J connectivity index is 1.53. The van der Waals surface area contributed by atoms with Gasteiger partial charge < -0.3 is 4.90 Å². The highest BCUT2D eigenvalue weighted by Gasteiger charge is 2.30. The third-order valence-electron chi connectivity index (χ3n) is 4.72. The molecule has 27 heavy (non-hydrogen) atoms. The molecular weight excluding hydrogens is 422 g/mol. The van der Waals surface area contributed by atoms with Crippen LogP contribution >= 0.6 is 27.7 Å². The molecule has 0 aromatic heterocycles. The first-order valence-electron chi connectivity index (χ1n) is 8.97. The number of benzene rings is 2. The lowest BCUT2D eigenvalue weighted by Crippen LogP contribution is -2.23. The SMILES string of the molecule is CN1C(=O)/C(=C/c2ccc(N3CCCC3)cc2)SC1=Nc1ccc(Br)cc1. The number of likely N-dealkylation sites (N-methyl/N-ethyl adjacent to an activating group) is 1. The van der Waals surface area contributed by atoms with Crippen LogP contribution in [0.5, 0.6) is 0 Å². The fourth-order valence-electron chi connectivity index (χ4n) is 3.19. The summed E-state index contributed by atoms with van der Waals surface area (Å²) in [5.74, 6) is -0.0144. The number of thioether (sulfide) groups is 1. The van der Waals surface area contributed by atoms with Gasteiger partial charge in [-0.05, 0) is 72.6 Å². The molecule has 0 unspecified atom stereocenters. The van der Waals surface area contributed by atoms with Crippen molar-refractivity contribution in [3.63, 3.8) is 0 Å². The first-order valence-corrected chi connectivity index (χ1v) is 10.6. The lowest BCUT2D eigenvalue weighted by molar-refractivity contribution is -0.121. The third kappa shape index (κ3) is 4.12. The second kappa shape index (κ2) is 7.90. The predicted octanol–water partition coefficient (Wildman–Crippen LogP) is 5.28. The zero-order chi connectivity index (χ0) is 18.8. The summed E-state index contributed by atoms with van der Waals surface area (Å²) >= 11 is 4.84. The summed E-state index contributed by atoms with van der Waals surface area (Å²) in [5.41, 5.74) is 3.12. The van der Waals surface area contributed by atoms with Crippen LogP contribution in [0.1, 0.15) is 18.4 Å². The van der Waals surface area contributed by atoms with E-state index in [9.17, 15) is 4.79 Å². The predicted molar refractivity (Wildman–Crippen MR) is 117 cm³/mol. The summed E-state index contributed by atoms with van der Waals surface area (Å²) in [7, 11) is 1.77. The van der Waals surface area contributed by atoms with Crippen molar-refractivity contribution in [1.29, 1.82) is 0 Å². The molecule has 4 nitrogen and oxygen atoms in total. The van der Waals surface area contributed by atoms with E-state index >= 15 is 0 Å². The molecular formula is C21H20BrN3OS. The fraction of sp³-hybridized carbons (Fsp3) is 0.238. The molecule has 2 aliphatic rings. The Morgan fingerprint density at radius 2 is 1.70 bits per heavy atom. The number of amidine groups is 1. The van der Waals surface area contributed by atoms with Gasteiger partial charge in [0.1, 0.15) is 0 Å². The van der Waals surface area contributed by atoms with Crippen molar-refractivity contribution in [2.24, 2.45) is 4.99 Å². The van der Waals surface area contributed by atoms with Crippen LogP contribution in [0.25, 0.3) is 6.08 Å². The lowest BCUT2D eigenvalue weighted by atomic mass is 10.2. The highest BCUT2D eigenvalue weighted by Crippen LogP contribution is 2.33. The van der Waals surface area contributed by atoms with Gasteiger partial charge in [0.05, 0.1) is 10.6 Å². The van der Waals surface area contributed by atoms with Crippen LogP contribution in [-0.2, 0) is 4.79 Å². The van der Waals surface area contributed by atoms with E-state index in [1.54, 1.807) is 11.9 Å². The molecule has 0 saturated carbocycles. The van der Waals surface area contributed by atoms with Crippen LogP contribution in [0.2, 0.25) is 0 Å². The molecule has 2 saturated heterocycles. The van der Waals surface area contributed by atoms with Gasteiger partial charge in [0.25, 0.3) is 5.91 Å². The summed E-state index contributed by atoms with van der Waals surface area (Å²) in [6, 6.07) is 16.2. The Kier molecular flexibility index (Phi) is 5.36. The molecule has 138 valence electrons. The number of amides is 1. The molecule has 0 radical (unpaired) electrons. The largest absolute Gasteiger partial charge is 0.372 e. The van der Waals surface area contributed by atoms with Crippen molar-refractivity contribution in [3.05, 3.63) is 63.5 Å². The summed E-state index contributed by atoms with van der Waals surface area (Å²) < 4.78 is 1.01. The zero-order valence-electron chi connectivity index (χ0n) is 15.1. The quantitative estimate of drug-likeness (QED) is 0.607. The highest BCUT2D eigenvalue weighted by molar-refractivity contribution is 9.10. The average Bonchev–Trinajstić information content (AvgIpc) is 3.30. The molecule has 2 aliphatic heterocycles. The zero-order valence-corrected chi connectivity index (χ0v) is 17.5. The van der Waals surface area contributed by atoms with Gasteiger partial charge in [-0.25, -0.2) is 4.99 Å². The maximum Gasteiger partial charge on any atom is 0.266 e. The minimum atomic E-state index is -0.0144. The number of halogens is 1. The van der Waals surface area contributed by atoms with Crippen LogP contribution in [0, 0.1) is 0 Å². The minimum absolute atomic E-state index is 0.0144. The Labute approximate surface area is 172 Å². The van der Waals surface area contributed by atoms with Crippen LogP contribution in [0.15, 0.2) is 62.9 Å². The molecule has 4 rings (SSSR count). The van der Waals surface area contributed by atoms with Gasteiger partial charge in [-0.3, -0.25) is 9.69 Å². The molecule has 0 N–H and O–H groups in total. The van der Waals surface area contributed by atoms with Crippen LogP contribution in [0.4, 0.5) is 11.4 Å². The van der Waals surface area contributed by atoms with E-state index in [1.165, 1.54) is 30.3 Å². The van der Waals surface area contributed by atoms with E-state index in [0.717, 1.165) is 28.8 Å². The number of nitrogens with zero attached hydrogens (tertiary/aromatic N) is 3. The van der Waals surface area contributed by atoms with Gasteiger partial charge in [0.2, 0.25) is 0 Å². The summed E-state index contributed by atoms with van der Waals surface area (Å²) in [6.45, 7) is 2.27. The first-order chi connectivity index (χ1) is 13.1. The number of anilines is 1. The van der Waals surface area contributed by atoms with Gasteiger partial charge in [0.15, 0.2) is 5.17 Å². The number of aliphatic imine (C=N–C) groups is 1. The molecule has 2 aromatic rings. The van der Waals surface area contributed by atoms with E-state index in [4.69, 9.17) is 0 Å². The molecule has 0 spiro atoms. The number of hydrogen-bond donors (Lipinski definition) is 0. The number of rotatable bonds is 3. The van der Waals surface area contributed by atoms with Crippen LogP contribution in [0.3, 0.4) is 0 Å². The van der Waals surface area contributed by atoms with E-state index < -0.39 is 0 Å². The monoisotopic (exact) mass is 441 g/mol. The maximum absolute atomic E-state index is 12.6. The normalized spacial score (nSPS) is 20.3. The fourth-order valence-corrected chi connectivity index (χ4v) is 4.44. The Bertz CT molecular complexity index is 900. The molecule has 0 aliphatic carbocycles. The van der Waals surface area contributed by atoms with E-state index in [1.807, 2.05) is 30.3 Å². The molecule has 2 aromatic carbocycles. The van der Waals surface area contributed by atoms with Crippen molar-refractivity contribution in [2.75, 3.05) is 25.0 Å². The van der Waals surface area contributed by atoms with Crippen molar-refractivity contribution >= 4 is 56.2 Å². The van der Waals surface area contributed by atoms with Crippen molar-refractivity contribution in [3.8, 4) is 0 Å². The molecule has 0 atom stereocenters. The van der Waals surface area contributed by atoms with Gasteiger partial charge in [0, 0.05) is 30.3 Å². The lowest BCUT2D eigenvalue weighted by Gasteiger charge is -2.17. The van der Waals surface area contributed by atoms with Crippen LogP contribution in [-0.4, -0.2) is 36.1 Å². The van der Waals surface area contributed by atoms with Crippen molar-refractivity contribution < 1.29 is 4.79 Å². The summed E-state index contributed by atoms with van der Waals surface area (Å²) in [6.07, 6.45) is 4.48. The van der Waals surface area contributed by atoms with Crippen molar-refractivity contribution in [1.82, 2.24) is 4.90 Å².